The first-order chi connectivity index (χ1) is 21.1. The average molecular weight is 608 g/mol. The summed E-state index contributed by atoms with van der Waals surface area (Å²) in [5, 5.41) is 11.9. The third-order valence-corrected chi connectivity index (χ3v) is 7.94. The number of benzene rings is 1. The molecule has 5 aromatic rings. The number of aromatic nitrogens is 5. The third-order valence-electron chi connectivity index (χ3n) is 7.10. The number of aromatic amines is 2. The molecule has 4 aromatic heterocycles. The highest BCUT2D eigenvalue weighted by molar-refractivity contribution is 8.25. The number of hydrogen-bond donors (Lipinski definition) is 4. The van der Waals surface area contributed by atoms with Crippen molar-refractivity contribution in [2.24, 2.45) is 0 Å². The zero-order chi connectivity index (χ0) is 31.4. The van der Waals surface area contributed by atoms with E-state index in [1.54, 1.807) is 18.3 Å². The van der Waals surface area contributed by atoms with Gasteiger partial charge in [-0.1, -0.05) is 44.3 Å². The van der Waals surface area contributed by atoms with E-state index in [2.05, 4.69) is 62.0 Å². The van der Waals surface area contributed by atoms with Crippen LogP contribution in [0.4, 0.5) is 4.39 Å². The van der Waals surface area contributed by atoms with Gasteiger partial charge in [0.1, 0.15) is 22.7 Å². The number of nitrogens with zero attached hydrogens (tertiary/aromatic N) is 3. The molecule has 0 saturated heterocycles. The van der Waals surface area contributed by atoms with Crippen LogP contribution in [0.1, 0.15) is 37.9 Å². The predicted octanol–water partition coefficient (Wildman–Crippen LogP) is 7.99. The second-order valence-corrected chi connectivity index (χ2v) is 13.8. The largest absolute Gasteiger partial charge is 0.359 e. The zero-order valence-corrected chi connectivity index (χ0v) is 26.2. The number of nitrogens with one attached hydrogen (secondary N) is 4. The lowest BCUT2D eigenvalue weighted by atomic mass is 10.0. The molecule has 0 atom stereocenters. The average Bonchev–Trinajstić information content (AvgIpc) is 3.61. The van der Waals surface area contributed by atoms with E-state index < -0.39 is 9.39 Å². The van der Waals surface area contributed by atoms with Gasteiger partial charge in [0.05, 0.1) is 16.9 Å². The highest BCUT2D eigenvalue weighted by atomic mass is 32.2. The van der Waals surface area contributed by atoms with Crippen molar-refractivity contribution in [3.05, 3.63) is 109 Å². The van der Waals surface area contributed by atoms with Crippen LogP contribution in [0.5, 0.6) is 0 Å². The molecule has 0 spiro atoms. The highest BCUT2D eigenvalue weighted by Gasteiger charge is 2.17. The predicted molar refractivity (Wildman–Crippen MR) is 188 cm³/mol. The van der Waals surface area contributed by atoms with Crippen LogP contribution in [0.15, 0.2) is 91.4 Å². The van der Waals surface area contributed by atoms with Crippen molar-refractivity contribution in [1.82, 2.24) is 35.2 Å². The smallest absolute Gasteiger partial charge is 0.138 e. The molecular weight excluding hydrogens is 569 g/mol. The van der Waals surface area contributed by atoms with Crippen molar-refractivity contribution in [3.63, 3.8) is 0 Å². The maximum absolute atomic E-state index is 14.7. The summed E-state index contributed by atoms with van der Waals surface area (Å²) in [6.45, 7) is 12.6. The van der Waals surface area contributed by atoms with E-state index >= 15 is 0 Å². The Labute approximate surface area is 258 Å². The molecule has 0 bridgehead atoms. The number of halogens is 1. The van der Waals surface area contributed by atoms with Gasteiger partial charge in [-0.15, -0.1) is 0 Å². The Morgan fingerprint density at radius 2 is 1.95 bits per heavy atom. The Morgan fingerprint density at radius 3 is 2.68 bits per heavy atom. The number of H-pyrrole nitrogens is 2. The van der Waals surface area contributed by atoms with E-state index in [0.29, 0.717) is 17.9 Å². The van der Waals surface area contributed by atoms with Crippen LogP contribution in [-0.4, -0.2) is 43.1 Å². The van der Waals surface area contributed by atoms with E-state index in [4.69, 9.17) is 4.98 Å². The number of pyridine rings is 2. The van der Waals surface area contributed by atoms with Crippen molar-refractivity contribution < 1.29 is 4.39 Å². The number of fused-ring (bicyclic) bond motifs is 2. The molecule has 1 aromatic carbocycles. The minimum Gasteiger partial charge on any atom is -0.359 e. The van der Waals surface area contributed by atoms with Crippen molar-refractivity contribution in [2.75, 3.05) is 6.26 Å². The summed E-state index contributed by atoms with van der Waals surface area (Å²) < 4.78 is 18.0. The second-order valence-electron chi connectivity index (χ2n) is 10.9. The van der Waals surface area contributed by atoms with Gasteiger partial charge in [-0.25, -0.2) is 14.4 Å². The van der Waals surface area contributed by atoms with E-state index in [9.17, 15) is 4.39 Å². The first-order valence-electron chi connectivity index (χ1n) is 14.4. The van der Waals surface area contributed by atoms with Crippen LogP contribution in [-0.2, 0) is 6.54 Å². The maximum atomic E-state index is 14.7. The summed E-state index contributed by atoms with van der Waals surface area (Å²) in [6, 6.07) is 12.9. The molecular formula is C35H38FN7S. The summed E-state index contributed by atoms with van der Waals surface area (Å²) in [6.07, 6.45) is 11.4. The highest BCUT2D eigenvalue weighted by Crippen LogP contribution is 2.34. The summed E-state index contributed by atoms with van der Waals surface area (Å²) in [4.78, 5) is 13.0. The number of hydrogen-bond acceptors (Lipinski definition) is 5. The molecule has 226 valence electrons. The molecule has 0 fully saturated rings. The third kappa shape index (κ3) is 6.90. The maximum Gasteiger partial charge on any atom is 0.138 e. The van der Waals surface area contributed by atoms with Crippen molar-refractivity contribution in [1.29, 1.82) is 0 Å². The fourth-order valence-corrected chi connectivity index (χ4v) is 5.52. The Morgan fingerprint density at radius 1 is 1.14 bits per heavy atom. The van der Waals surface area contributed by atoms with Gasteiger partial charge in [-0.05, 0) is 96.5 Å². The minimum absolute atomic E-state index is 0.307. The standard InChI is InChI=1S/C35H38FN7S/c1-8-11-22(4)39-27(10-3)19-24(9-2)30-12-13-31-33(40-30)34(43-42-31)32-20-29-28(14-15-37-35(29)41-32)25-16-23(17-26(36)18-25)21-38-44(5,6)7/h9-10,12-20,38-39H,3-6,8,11,21H2,1-2,7H3,(H,37,41)(H,42,43)/b24-9+,27-19+. The summed E-state index contributed by atoms with van der Waals surface area (Å²) in [5.74, 6) is 7.81. The summed E-state index contributed by atoms with van der Waals surface area (Å²) >= 11 is 0. The Kier molecular flexibility index (Phi) is 8.98. The van der Waals surface area contributed by atoms with Gasteiger partial charge in [0.15, 0.2) is 0 Å². The molecule has 0 unspecified atom stereocenters. The van der Waals surface area contributed by atoms with Crippen LogP contribution in [0.2, 0.25) is 0 Å². The molecule has 4 heterocycles. The van der Waals surface area contributed by atoms with Crippen LogP contribution in [0, 0.1) is 5.82 Å². The van der Waals surface area contributed by atoms with E-state index in [1.165, 1.54) is 6.07 Å². The second kappa shape index (κ2) is 12.9. The van der Waals surface area contributed by atoms with Gasteiger partial charge < -0.3 is 10.3 Å². The molecule has 0 radical (unpaired) electrons. The molecule has 9 heteroatoms. The number of rotatable bonds is 12. The minimum atomic E-state index is -1.43. The molecule has 0 aliphatic rings. The van der Waals surface area contributed by atoms with E-state index in [1.807, 2.05) is 55.7 Å². The van der Waals surface area contributed by atoms with Gasteiger partial charge in [0, 0.05) is 29.5 Å². The first-order valence-corrected chi connectivity index (χ1v) is 16.7. The fraction of sp³-hybridized carbons (Fsp3) is 0.171. The molecule has 0 aliphatic heterocycles. The molecule has 0 aliphatic carbocycles. The normalized spacial score (nSPS) is 12.6. The van der Waals surface area contributed by atoms with Gasteiger partial charge >= 0.3 is 0 Å². The molecule has 7 nitrogen and oxygen atoms in total. The Balaban J connectivity index is 1.53. The molecule has 4 N–H and O–H groups in total. The SMILES string of the molecule is C=C/C(=C\C(=C/C)c1ccc2[nH]nc(-c3cc4c(-c5cc(F)cc(CNS(=C)(=C)C)c5)ccnc4[nH]3)c2n1)NC(=C)CCC. The Bertz CT molecular complexity index is 2040. The number of allylic oxidation sites excluding steroid dienone is 5. The van der Waals surface area contributed by atoms with Gasteiger partial charge in [-0.2, -0.15) is 14.5 Å². The van der Waals surface area contributed by atoms with Crippen LogP contribution in [0.25, 0.3) is 50.2 Å². The first kappa shape index (κ1) is 30.7. The molecule has 44 heavy (non-hydrogen) atoms. The summed E-state index contributed by atoms with van der Waals surface area (Å²) in [5.41, 5.74) is 9.58. The van der Waals surface area contributed by atoms with Gasteiger partial charge in [0.2, 0.25) is 0 Å². The van der Waals surface area contributed by atoms with E-state index in [0.717, 1.165) is 74.3 Å². The lowest BCUT2D eigenvalue weighted by Crippen LogP contribution is -2.10. The molecule has 5 rings (SSSR count). The molecule has 0 saturated carbocycles. The lowest BCUT2D eigenvalue weighted by molar-refractivity contribution is 0.625. The lowest BCUT2D eigenvalue weighted by Gasteiger charge is -2.12. The quantitative estimate of drug-likeness (QED) is 0.0852. The topological polar surface area (TPSA) is 94.3 Å². The zero-order valence-electron chi connectivity index (χ0n) is 25.4. The van der Waals surface area contributed by atoms with Crippen LogP contribution in [0.3, 0.4) is 0 Å². The molecule has 0 amide bonds. The van der Waals surface area contributed by atoms with Gasteiger partial charge in [-0.3, -0.25) is 9.82 Å². The van der Waals surface area contributed by atoms with Crippen LogP contribution >= 0.6 is 9.39 Å². The Hall–Kier alpha value is -4.73. The van der Waals surface area contributed by atoms with Crippen molar-refractivity contribution in [2.45, 2.75) is 33.2 Å². The summed E-state index contributed by atoms with van der Waals surface area (Å²) in [7, 11) is -1.43. The van der Waals surface area contributed by atoms with Crippen molar-refractivity contribution >= 4 is 48.8 Å². The van der Waals surface area contributed by atoms with Crippen molar-refractivity contribution in [3.8, 4) is 22.5 Å². The fourth-order valence-electron chi connectivity index (χ4n) is 5.01. The van der Waals surface area contributed by atoms with E-state index in [-0.39, 0.29) is 5.82 Å². The monoisotopic (exact) mass is 607 g/mol. The van der Waals surface area contributed by atoms with Gasteiger partial charge in [0.25, 0.3) is 0 Å². The van der Waals surface area contributed by atoms with Crippen LogP contribution < -0.4 is 10.0 Å².